The summed E-state index contributed by atoms with van der Waals surface area (Å²) in [6.45, 7) is 4.79. The molecule has 0 unspecified atom stereocenters. The van der Waals surface area contributed by atoms with Crippen molar-refractivity contribution in [3.63, 3.8) is 0 Å². The summed E-state index contributed by atoms with van der Waals surface area (Å²) in [5, 5.41) is 2.29. The Kier molecular flexibility index (Phi) is 6.33. The second kappa shape index (κ2) is 7.54. The molecule has 118 valence electrons. The minimum atomic E-state index is -4.58. The number of carbonyl (C=O) groups excluding carboxylic acids is 1. The van der Waals surface area contributed by atoms with Crippen LogP contribution in [0.1, 0.15) is 32.3 Å². The van der Waals surface area contributed by atoms with Crippen molar-refractivity contribution in [1.29, 1.82) is 0 Å². The summed E-state index contributed by atoms with van der Waals surface area (Å²) in [5.74, 6) is 0. The number of anilines is 1. The van der Waals surface area contributed by atoms with Gasteiger partial charge in [0.15, 0.2) is 0 Å². The molecular weight excluding hydrogens is 305 g/mol. The van der Waals surface area contributed by atoms with Crippen molar-refractivity contribution in [1.82, 2.24) is 4.90 Å². The number of benzene rings is 1. The summed E-state index contributed by atoms with van der Waals surface area (Å²) in [7, 11) is 0. The predicted molar refractivity (Wildman–Crippen MR) is 77.6 cm³/mol. The molecule has 0 heterocycles. The third-order valence-corrected chi connectivity index (χ3v) is 3.04. The lowest BCUT2D eigenvalue weighted by molar-refractivity contribution is -0.136. The van der Waals surface area contributed by atoms with Gasteiger partial charge in [-0.05, 0) is 31.0 Å². The summed E-state index contributed by atoms with van der Waals surface area (Å²) in [6.07, 6.45) is -3.10. The van der Waals surface area contributed by atoms with Crippen LogP contribution in [0.2, 0.25) is 5.02 Å². The van der Waals surface area contributed by atoms with Gasteiger partial charge in [-0.2, -0.15) is 13.2 Å². The fourth-order valence-electron chi connectivity index (χ4n) is 1.91. The molecule has 2 amide bonds. The fourth-order valence-corrected chi connectivity index (χ4v) is 2.08. The van der Waals surface area contributed by atoms with Crippen LogP contribution in [0, 0.1) is 0 Å². The maximum atomic E-state index is 13.0. The highest BCUT2D eigenvalue weighted by atomic mass is 35.5. The van der Waals surface area contributed by atoms with Gasteiger partial charge in [0, 0.05) is 18.1 Å². The molecule has 1 rings (SSSR count). The van der Waals surface area contributed by atoms with E-state index in [-0.39, 0.29) is 10.7 Å². The molecule has 0 saturated heterocycles. The number of amides is 2. The molecule has 0 atom stereocenters. The number of alkyl halides is 3. The monoisotopic (exact) mass is 322 g/mol. The van der Waals surface area contributed by atoms with Crippen molar-refractivity contribution in [2.75, 3.05) is 18.4 Å². The zero-order valence-corrected chi connectivity index (χ0v) is 12.7. The van der Waals surface area contributed by atoms with Gasteiger partial charge in [0.1, 0.15) is 0 Å². The smallest absolute Gasteiger partial charge is 0.325 e. The van der Waals surface area contributed by atoms with E-state index in [0.29, 0.717) is 13.1 Å². The van der Waals surface area contributed by atoms with Crippen molar-refractivity contribution in [3.8, 4) is 0 Å². The van der Waals surface area contributed by atoms with E-state index in [0.717, 1.165) is 18.9 Å². The molecule has 0 aromatic heterocycles. The molecule has 21 heavy (non-hydrogen) atoms. The number of nitrogens with zero attached hydrogens (tertiary/aromatic N) is 1. The first-order chi connectivity index (χ1) is 9.79. The lowest BCUT2D eigenvalue weighted by Crippen LogP contribution is -2.36. The zero-order chi connectivity index (χ0) is 16.0. The average molecular weight is 323 g/mol. The van der Waals surface area contributed by atoms with Gasteiger partial charge in [0.25, 0.3) is 0 Å². The quantitative estimate of drug-likeness (QED) is 0.811. The molecule has 0 radical (unpaired) electrons. The van der Waals surface area contributed by atoms with E-state index in [4.69, 9.17) is 11.6 Å². The van der Waals surface area contributed by atoms with Crippen molar-refractivity contribution >= 4 is 23.3 Å². The number of rotatable bonds is 5. The van der Waals surface area contributed by atoms with Crippen LogP contribution >= 0.6 is 11.6 Å². The van der Waals surface area contributed by atoms with Gasteiger partial charge in [0.05, 0.1) is 11.3 Å². The van der Waals surface area contributed by atoms with Crippen LogP contribution in [-0.4, -0.2) is 24.0 Å². The number of urea groups is 1. The van der Waals surface area contributed by atoms with Crippen LogP contribution < -0.4 is 5.32 Å². The minimum absolute atomic E-state index is 0.0284. The highest BCUT2D eigenvalue weighted by Crippen LogP contribution is 2.36. The minimum Gasteiger partial charge on any atom is -0.325 e. The number of hydrogen-bond acceptors (Lipinski definition) is 1. The normalized spacial score (nSPS) is 11.3. The third kappa shape index (κ3) is 5.12. The molecule has 0 bridgehead atoms. The third-order valence-electron chi connectivity index (χ3n) is 2.80. The molecule has 0 aliphatic rings. The van der Waals surface area contributed by atoms with Crippen LogP contribution in [-0.2, 0) is 6.18 Å². The second-order valence-corrected chi connectivity index (χ2v) is 5.04. The summed E-state index contributed by atoms with van der Waals surface area (Å²) < 4.78 is 38.9. The summed E-state index contributed by atoms with van der Waals surface area (Å²) in [4.78, 5) is 13.6. The predicted octanol–water partition coefficient (Wildman–Crippen LogP) is 5.01. The molecule has 1 N–H and O–H groups in total. The Morgan fingerprint density at radius 2 is 1.81 bits per heavy atom. The van der Waals surface area contributed by atoms with E-state index >= 15 is 0 Å². The van der Waals surface area contributed by atoms with Crippen molar-refractivity contribution in [2.45, 2.75) is 32.9 Å². The number of halogens is 4. The number of carbonyl (C=O) groups is 1. The lowest BCUT2D eigenvalue weighted by Gasteiger charge is -2.23. The van der Waals surface area contributed by atoms with Crippen molar-refractivity contribution < 1.29 is 18.0 Å². The fraction of sp³-hybridized carbons (Fsp3) is 0.500. The van der Waals surface area contributed by atoms with Gasteiger partial charge < -0.3 is 10.2 Å². The van der Waals surface area contributed by atoms with E-state index < -0.39 is 17.8 Å². The molecular formula is C14H18ClF3N2O. The van der Waals surface area contributed by atoms with Gasteiger partial charge >= 0.3 is 12.2 Å². The van der Waals surface area contributed by atoms with Gasteiger partial charge in [0.2, 0.25) is 0 Å². The van der Waals surface area contributed by atoms with E-state index in [2.05, 4.69) is 5.32 Å². The van der Waals surface area contributed by atoms with Crippen molar-refractivity contribution in [2.24, 2.45) is 0 Å². The highest BCUT2D eigenvalue weighted by molar-refractivity contribution is 6.30. The number of hydrogen-bond donors (Lipinski definition) is 1. The SMILES string of the molecule is CCCN(CCC)C(=O)Nc1ccc(Cl)cc1C(F)(F)F. The Labute approximate surface area is 127 Å². The zero-order valence-electron chi connectivity index (χ0n) is 11.9. The standard InChI is InChI=1S/C14H18ClF3N2O/c1-3-7-20(8-4-2)13(21)19-12-6-5-10(15)9-11(12)14(16,17)18/h5-6,9H,3-4,7-8H2,1-2H3,(H,19,21). The van der Waals surface area contributed by atoms with E-state index in [1.807, 2.05) is 13.8 Å². The molecule has 0 aliphatic carbocycles. The summed E-state index contributed by atoms with van der Waals surface area (Å²) in [5.41, 5.74) is -1.23. The van der Waals surface area contributed by atoms with Crippen LogP contribution in [0.4, 0.5) is 23.7 Å². The molecule has 0 aliphatic heterocycles. The van der Waals surface area contributed by atoms with E-state index in [1.54, 1.807) is 0 Å². The lowest BCUT2D eigenvalue weighted by atomic mass is 10.1. The van der Waals surface area contributed by atoms with Crippen LogP contribution in [0.3, 0.4) is 0 Å². The van der Waals surface area contributed by atoms with Gasteiger partial charge in [-0.15, -0.1) is 0 Å². The van der Waals surface area contributed by atoms with Crippen molar-refractivity contribution in [3.05, 3.63) is 28.8 Å². The Morgan fingerprint density at radius 3 is 2.29 bits per heavy atom. The molecule has 3 nitrogen and oxygen atoms in total. The molecule has 0 spiro atoms. The number of nitrogens with one attached hydrogen (secondary N) is 1. The highest BCUT2D eigenvalue weighted by Gasteiger charge is 2.34. The Hall–Kier alpha value is -1.43. The van der Waals surface area contributed by atoms with Gasteiger partial charge in [-0.1, -0.05) is 25.4 Å². The maximum absolute atomic E-state index is 13.0. The Bertz CT molecular complexity index is 486. The summed E-state index contributed by atoms with van der Waals surface area (Å²) >= 11 is 5.60. The van der Waals surface area contributed by atoms with E-state index in [9.17, 15) is 18.0 Å². The van der Waals surface area contributed by atoms with Crippen LogP contribution in [0.15, 0.2) is 18.2 Å². The summed E-state index contributed by atoms with van der Waals surface area (Å²) in [6, 6.07) is 2.75. The molecule has 0 fully saturated rings. The Balaban J connectivity index is 2.99. The van der Waals surface area contributed by atoms with Crippen LogP contribution in [0.25, 0.3) is 0 Å². The first-order valence-electron chi connectivity index (χ1n) is 6.72. The van der Waals surface area contributed by atoms with E-state index in [1.165, 1.54) is 17.0 Å². The first kappa shape index (κ1) is 17.6. The molecule has 7 heteroatoms. The topological polar surface area (TPSA) is 32.3 Å². The second-order valence-electron chi connectivity index (χ2n) is 4.60. The van der Waals surface area contributed by atoms with Gasteiger partial charge in [-0.3, -0.25) is 0 Å². The molecule has 1 aromatic carbocycles. The van der Waals surface area contributed by atoms with Crippen LogP contribution in [0.5, 0.6) is 0 Å². The van der Waals surface area contributed by atoms with Gasteiger partial charge in [-0.25, -0.2) is 4.79 Å². The largest absolute Gasteiger partial charge is 0.418 e. The molecule has 0 saturated carbocycles. The molecule has 1 aromatic rings. The maximum Gasteiger partial charge on any atom is 0.418 e. The average Bonchev–Trinajstić information content (AvgIpc) is 2.39. The Morgan fingerprint density at radius 1 is 1.24 bits per heavy atom. The first-order valence-corrected chi connectivity index (χ1v) is 7.10.